The van der Waals surface area contributed by atoms with Crippen LogP contribution < -0.4 is 0 Å². The van der Waals surface area contributed by atoms with Crippen LogP contribution in [0.15, 0.2) is 30.3 Å². The SMILES string of the molecule is CC(C)SCc1ccccc1C=CC(=O)O. The van der Waals surface area contributed by atoms with E-state index in [0.717, 1.165) is 11.3 Å². The zero-order chi connectivity index (χ0) is 12.0. The number of hydrogen-bond acceptors (Lipinski definition) is 2. The fourth-order valence-corrected chi connectivity index (χ4v) is 2.02. The van der Waals surface area contributed by atoms with E-state index >= 15 is 0 Å². The highest BCUT2D eigenvalue weighted by molar-refractivity contribution is 7.99. The van der Waals surface area contributed by atoms with Crippen molar-refractivity contribution >= 4 is 23.8 Å². The highest BCUT2D eigenvalue weighted by Gasteiger charge is 2.01. The molecule has 0 spiro atoms. The van der Waals surface area contributed by atoms with Gasteiger partial charge in [0.15, 0.2) is 0 Å². The molecule has 0 aliphatic rings. The summed E-state index contributed by atoms with van der Waals surface area (Å²) >= 11 is 1.85. The van der Waals surface area contributed by atoms with Crippen molar-refractivity contribution in [2.24, 2.45) is 0 Å². The van der Waals surface area contributed by atoms with Crippen molar-refractivity contribution < 1.29 is 9.90 Å². The molecular formula is C13H16O2S. The zero-order valence-corrected chi connectivity index (χ0v) is 10.3. The third-order valence-electron chi connectivity index (χ3n) is 2.03. The number of carboxylic acid groups (broad SMARTS) is 1. The molecule has 0 unspecified atom stereocenters. The molecule has 1 N–H and O–H groups in total. The number of carboxylic acids is 1. The fraction of sp³-hybridized carbons (Fsp3) is 0.308. The summed E-state index contributed by atoms with van der Waals surface area (Å²) in [6.07, 6.45) is 2.83. The fourth-order valence-electron chi connectivity index (χ4n) is 1.25. The summed E-state index contributed by atoms with van der Waals surface area (Å²) in [6.45, 7) is 4.31. The first-order valence-electron chi connectivity index (χ1n) is 5.20. The van der Waals surface area contributed by atoms with Crippen LogP contribution >= 0.6 is 11.8 Å². The van der Waals surface area contributed by atoms with Crippen molar-refractivity contribution in [1.29, 1.82) is 0 Å². The van der Waals surface area contributed by atoms with Crippen molar-refractivity contribution in [3.8, 4) is 0 Å². The highest BCUT2D eigenvalue weighted by Crippen LogP contribution is 2.20. The summed E-state index contributed by atoms with van der Waals surface area (Å²) in [7, 11) is 0. The summed E-state index contributed by atoms with van der Waals surface area (Å²) in [5.74, 6) is 0.00366. The molecule has 0 radical (unpaired) electrons. The van der Waals surface area contributed by atoms with E-state index in [9.17, 15) is 4.79 Å². The van der Waals surface area contributed by atoms with Crippen LogP contribution in [0.3, 0.4) is 0 Å². The molecule has 0 aliphatic carbocycles. The molecule has 0 aromatic heterocycles. The van der Waals surface area contributed by atoms with Gasteiger partial charge in [-0.1, -0.05) is 38.1 Å². The van der Waals surface area contributed by atoms with Gasteiger partial charge in [-0.2, -0.15) is 11.8 Å². The Labute approximate surface area is 100 Å². The van der Waals surface area contributed by atoms with Crippen molar-refractivity contribution in [2.75, 3.05) is 0 Å². The van der Waals surface area contributed by atoms with Gasteiger partial charge >= 0.3 is 5.97 Å². The van der Waals surface area contributed by atoms with E-state index in [4.69, 9.17) is 5.11 Å². The van der Waals surface area contributed by atoms with Crippen LogP contribution in [0, 0.1) is 0 Å². The first kappa shape index (κ1) is 12.8. The van der Waals surface area contributed by atoms with Crippen LogP contribution in [0.25, 0.3) is 6.08 Å². The summed E-state index contributed by atoms with van der Waals surface area (Å²) in [5.41, 5.74) is 2.16. The van der Waals surface area contributed by atoms with Gasteiger partial charge in [0.25, 0.3) is 0 Å². The van der Waals surface area contributed by atoms with Crippen molar-refractivity contribution in [3.05, 3.63) is 41.5 Å². The predicted octanol–water partition coefficient (Wildman–Crippen LogP) is 3.43. The highest BCUT2D eigenvalue weighted by atomic mass is 32.2. The van der Waals surface area contributed by atoms with E-state index < -0.39 is 5.97 Å². The van der Waals surface area contributed by atoms with Gasteiger partial charge in [-0.15, -0.1) is 0 Å². The average Bonchev–Trinajstić information content (AvgIpc) is 2.24. The van der Waals surface area contributed by atoms with Gasteiger partial charge in [-0.25, -0.2) is 4.79 Å². The molecule has 16 heavy (non-hydrogen) atoms. The van der Waals surface area contributed by atoms with Gasteiger partial charge < -0.3 is 5.11 Å². The van der Waals surface area contributed by atoms with Gasteiger partial charge in [0.05, 0.1) is 0 Å². The Bertz CT molecular complexity index is 383. The van der Waals surface area contributed by atoms with Crippen molar-refractivity contribution in [2.45, 2.75) is 24.9 Å². The minimum absolute atomic E-state index is 0.580. The van der Waals surface area contributed by atoms with E-state index in [-0.39, 0.29) is 0 Å². The standard InChI is InChI=1S/C13H16O2S/c1-10(2)16-9-12-6-4-3-5-11(12)7-8-13(14)15/h3-8,10H,9H2,1-2H3,(H,14,15). The van der Waals surface area contributed by atoms with Crippen LogP contribution in [0.1, 0.15) is 25.0 Å². The first-order valence-corrected chi connectivity index (χ1v) is 6.25. The molecule has 2 nitrogen and oxygen atoms in total. The van der Waals surface area contributed by atoms with Crippen LogP contribution in [0.5, 0.6) is 0 Å². The molecule has 0 amide bonds. The van der Waals surface area contributed by atoms with Gasteiger partial charge in [0.1, 0.15) is 0 Å². The minimum atomic E-state index is -0.911. The van der Waals surface area contributed by atoms with Crippen LogP contribution in [0.2, 0.25) is 0 Å². The summed E-state index contributed by atoms with van der Waals surface area (Å²) in [6, 6.07) is 7.88. The quantitative estimate of drug-likeness (QED) is 0.796. The predicted molar refractivity (Wildman–Crippen MR) is 69.5 cm³/mol. The molecule has 1 aromatic carbocycles. The van der Waals surface area contributed by atoms with Gasteiger partial charge in [0, 0.05) is 11.8 Å². The summed E-state index contributed by atoms with van der Waals surface area (Å²) in [5, 5.41) is 9.17. The minimum Gasteiger partial charge on any atom is -0.478 e. The lowest BCUT2D eigenvalue weighted by Gasteiger charge is -2.07. The number of carbonyl (C=O) groups is 1. The Hall–Kier alpha value is -1.22. The van der Waals surface area contributed by atoms with E-state index in [0.29, 0.717) is 5.25 Å². The monoisotopic (exact) mass is 236 g/mol. The Morgan fingerprint density at radius 2 is 2.12 bits per heavy atom. The molecule has 0 saturated carbocycles. The Morgan fingerprint density at radius 1 is 1.44 bits per heavy atom. The normalized spacial score (nSPS) is 11.2. The van der Waals surface area contributed by atoms with Crippen LogP contribution in [0.4, 0.5) is 0 Å². The Kier molecular flexibility index (Phi) is 5.12. The van der Waals surface area contributed by atoms with E-state index in [2.05, 4.69) is 13.8 Å². The third kappa shape index (κ3) is 4.53. The largest absolute Gasteiger partial charge is 0.478 e. The number of hydrogen-bond donors (Lipinski definition) is 1. The summed E-state index contributed by atoms with van der Waals surface area (Å²) < 4.78 is 0. The maximum absolute atomic E-state index is 10.5. The first-order chi connectivity index (χ1) is 7.59. The van der Waals surface area contributed by atoms with Crippen molar-refractivity contribution in [3.63, 3.8) is 0 Å². The zero-order valence-electron chi connectivity index (χ0n) is 9.51. The van der Waals surface area contributed by atoms with E-state index in [1.54, 1.807) is 6.08 Å². The molecular weight excluding hydrogens is 220 g/mol. The molecule has 86 valence electrons. The van der Waals surface area contributed by atoms with Crippen LogP contribution in [-0.2, 0) is 10.5 Å². The molecule has 0 fully saturated rings. The number of aliphatic carboxylic acids is 1. The van der Waals surface area contributed by atoms with Crippen molar-refractivity contribution in [1.82, 2.24) is 0 Å². The third-order valence-corrected chi connectivity index (χ3v) is 3.18. The lowest BCUT2D eigenvalue weighted by Crippen LogP contribution is -1.92. The molecule has 0 heterocycles. The number of rotatable bonds is 5. The molecule has 0 saturated heterocycles. The van der Waals surface area contributed by atoms with Gasteiger partial charge in [-0.05, 0) is 22.5 Å². The second-order valence-corrected chi connectivity index (χ2v) is 5.29. The lowest BCUT2D eigenvalue weighted by molar-refractivity contribution is -0.131. The smallest absolute Gasteiger partial charge is 0.328 e. The molecule has 3 heteroatoms. The van der Waals surface area contributed by atoms with E-state index in [1.165, 1.54) is 11.6 Å². The maximum atomic E-state index is 10.5. The molecule has 1 aromatic rings. The van der Waals surface area contributed by atoms with Gasteiger partial charge in [0.2, 0.25) is 0 Å². The van der Waals surface area contributed by atoms with Gasteiger partial charge in [-0.3, -0.25) is 0 Å². The molecule has 1 rings (SSSR count). The lowest BCUT2D eigenvalue weighted by atomic mass is 10.1. The van der Waals surface area contributed by atoms with E-state index in [1.807, 2.05) is 36.0 Å². The maximum Gasteiger partial charge on any atom is 0.328 e. The van der Waals surface area contributed by atoms with Crippen LogP contribution in [-0.4, -0.2) is 16.3 Å². The average molecular weight is 236 g/mol. The molecule has 0 bridgehead atoms. The molecule has 0 atom stereocenters. The second-order valence-electron chi connectivity index (χ2n) is 3.73. The topological polar surface area (TPSA) is 37.3 Å². The second kappa shape index (κ2) is 6.38. The number of benzene rings is 1. The Balaban J connectivity index is 2.79. The Morgan fingerprint density at radius 3 is 2.75 bits per heavy atom. The number of thioether (sulfide) groups is 1. The summed E-state index contributed by atoms with van der Waals surface area (Å²) in [4.78, 5) is 10.5. The molecule has 0 aliphatic heterocycles.